The zero-order valence-corrected chi connectivity index (χ0v) is 18.7. The molecular weight excluding hydrogens is 424 g/mol. The second-order valence-corrected chi connectivity index (χ2v) is 8.23. The summed E-state index contributed by atoms with van der Waals surface area (Å²) in [6, 6.07) is 12.6. The highest BCUT2D eigenvalue weighted by Gasteiger charge is 2.19. The number of nitrogen functional groups attached to an aromatic ring is 1. The second-order valence-electron chi connectivity index (χ2n) is 7.84. The molecule has 6 nitrogen and oxygen atoms in total. The van der Waals surface area contributed by atoms with E-state index < -0.39 is 0 Å². The quantitative estimate of drug-likeness (QED) is 0.202. The Kier molecular flexibility index (Phi) is 5.72. The van der Waals surface area contributed by atoms with Gasteiger partial charge in [0.05, 0.1) is 23.3 Å². The van der Waals surface area contributed by atoms with Crippen LogP contribution in [0.3, 0.4) is 0 Å². The molecule has 2 heterocycles. The van der Waals surface area contributed by atoms with Crippen LogP contribution in [0.15, 0.2) is 57.9 Å². The van der Waals surface area contributed by atoms with Crippen molar-refractivity contribution in [2.24, 2.45) is 0 Å². The monoisotopic (exact) mass is 446 g/mol. The number of nitrogens with one attached hydrogen (secondary N) is 2. The molecule has 0 amide bonds. The molecule has 0 bridgehead atoms. The van der Waals surface area contributed by atoms with E-state index in [1.54, 1.807) is 31.3 Å². The second kappa shape index (κ2) is 8.48. The average Bonchev–Trinajstić information content (AvgIpc) is 2.77. The Morgan fingerprint density at radius 3 is 2.62 bits per heavy atom. The number of aryl methyl sites for hydroxylation is 1. The molecule has 0 aliphatic carbocycles. The predicted molar refractivity (Wildman–Crippen MR) is 131 cm³/mol. The number of benzene rings is 2. The molecule has 0 saturated carbocycles. The summed E-state index contributed by atoms with van der Waals surface area (Å²) in [6.45, 7) is 5.71. The van der Waals surface area contributed by atoms with Crippen LogP contribution in [0.2, 0.25) is 5.15 Å². The zero-order valence-electron chi connectivity index (χ0n) is 18.0. The number of pyridine rings is 1. The van der Waals surface area contributed by atoms with Gasteiger partial charge in [-0.25, -0.2) is 4.98 Å². The zero-order chi connectivity index (χ0) is 23.0. The van der Waals surface area contributed by atoms with Crippen molar-refractivity contribution in [3.05, 3.63) is 86.3 Å². The van der Waals surface area contributed by atoms with E-state index in [4.69, 9.17) is 27.2 Å². The van der Waals surface area contributed by atoms with Crippen LogP contribution in [-0.4, -0.2) is 11.2 Å². The molecule has 0 aliphatic rings. The summed E-state index contributed by atoms with van der Waals surface area (Å²) in [6.07, 6.45) is 2.86. The molecule has 2 aromatic carbocycles. The van der Waals surface area contributed by atoms with E-state index in [9.17, 15) is 4.79 Å². The molecular formula is C25H23ClN4O2. The van der Waals surface area contributed by atoms with E-state index in [2.05, 4.69) is 10.3 Å². The van der Waals surface area contributed by atoms with Crippen LogP contribution in [0.5, 0.6) is 0 Å². The number of rotatable bonds is 5. The smallest absolute Gasteiger partial charge is 0.196 e. The minimum atomic E-state index is -0.163. The van der Waals surface area contributed by atoms with Crippen molar-refractivity contribution in [1.82, 2.24) is 4.98 Å². The molecule has 0 spiro atoms. The summed E-state index contributed by atoms with van der Waals surface area (Å²) >= 11 is 5.89. The fourth-order valence-corrected chi connectivity index (χ4v) is 3.91. The lowest BCUT2D eigenvalue weighted by Gasteiger charge is -2.19. The molecule has 0 aliphatic heterocycles. The van der Waals surface area contributed by atoms with Crippen LogP contribution in [-0.2, 0) is 0 Å². The van der Waals surface area contributed by atoms with Crippen molar-refractivity contribution in [2.75, 3.05) is 11.1 Å². The summed E-state index contributed by atoms with van der Waals surface area (Å²) in [5.41, 5.74) is 11.4. The Morgan fingerprint density at radius 2 is 1.97 bits per heavy atom. The summed E-state index contributed by atoms with van der Waals surface area (Å²) in [7, 11) is 0. The standard InChI is InChI=1S/C25H23ClN4O2/c1-13-8-19(15(3)30-18-6-7-22(26)29-12-18)25-20(9-13)23(31)14(2)24(32-25)16-4-5-17(11-27)21(28)10-16/h4-12,15,27,30H,28H2,1-3H3/t15-/m1/s1. The van der Waals surface area contributed by atoms with Gasteiger partial charge < -0.3 is 20.9 Å². The normalized spacial score (nSPS) is 12.0. The van der Waals surface area contributed by atoms with Crippen LogP contribution >= 0.6 is 11.6 Å². The van der Waals surface area contributed by atoms with Crippen LogP contribution in [0.25, 0.3) is 22.3 Å². The maximum Gasteiger partial charge on any atom is 0.196 e. The molecule has 2 aromatic heterocycles. The van der Waals surface area contributed by atoms with Gasteiger partial charge in [0.15, 0.2) is 5.43 Å². The minimum absolute atomic E-state index is 0.0822. The summed E-state index contributed by atoms with van der Waals surface area (Å²) in [4.78, 5) is 17.4. The molecule has 4 rings (SSSR count). The van der Waals surface area contributed by atoms with Gasteiger partial charge in [-0.15, -0.1) is 0 Å². The molecule has 1 atom stereocenters. The van der Waals surface area contributed by atoms with Gasteiger partial charge in [0.2, 0.25) is 0 Å². The summed E-state index contributed by atoms with van der Waals surface area (Å²) in [5, 5.41) is 11.8. The van der Waals surface area contributed by atoms with Crippen molar-refractivity contribution in [1.29, 1.82) is 5.41 Å². The minimum Gasteiger partial charge on any atom is -0.455 e. The average molecular weight is 447 g/mol. The fourth-order valence-electron chi connectivity index (χ4n) is 3.80. The van der Waals surface area contributed by atoms with Crippen LogP contribution in [0, 0.1) is 19.3 Å². The van der Waals surface area contributed by atoms with Crippen molar-refractivity contribution in [2.45, 2.75) is 26.8 Å². The van der Waals surface area contributed by atoms with E-state index in [-0.39, 0.29) is 11.5 Å². The lowest BCUT2D eigenvalue weighted by molar-refractivity contribution is 0.605. The molecule has 4 aromatic rings. The van der Waals surface area contributed by atoms with Gasteiger partial charge in [-0.05, 0) is 50.6 Å². The topological polar surface area (TPSA) is 105 Å². The van der Waals surface area contributed by atoms with Crippen molar-refractivity contribution >= 4 is 40.2 Å². The Labute approximate surface area is 190 Å². The third kappa shape index (κ3) is 3.97. The van der Waals surface area contributed by atoms with Crippen molar-refractivity contribution in [3.63, 3.8) is 0 Å². The number of hydrogen-bond donors (Lipinski definition) is 3. The van der Waals surface area contributed by atoms with Gasteiger partial charge in [-0.3, -0.25) is 4.79 Å². The van der Waals surface area contributed by atoms with E-state index in [0.29, 0.717) is 44.3 Å². The molecule has 7 heteroatoms. The number of nitrogens with two attached hydrogens (primary N) is 1. The lowest BCUT2D eigenvalue weighted by atomic mass is 9.98. The van der Waals surface area contributed by atoms with Crippen LogP contribution in [0.1, 0.15) is 35.2 Å². The molecule has 0 saturated heterocycles. The summed E-state index contributed by atoms with van der Waals surface area (Å²) < 4.78 is 6.36. The van der Waals surface area contributed by atoms with E-state index in [1.807, 2.05) is 38.1 Å². The van der Waals surface area contributed by atoms with Gasteiger partial charge >= 0.3 is 0 Å². The van der Waals surface area contributed by atoms with E-state index in [1.165, 1.54) is 6.21 Å². The maximum atomic E-state index is 13.3. The predicted octanol–water partition coefficient (Wildman–Crippen LogP) is 5.88. The number of hydrogen-bond acceptors (Lipinski definition) is 6. The SMILES string of the molecule is Cc1cc([C@@H](C)Nc2ccc(Cl)nc2)c2oc(-c3ccc(C=N)c(N)c3)c(C)c(=O)c2c1. The Hall–Kier alpha value is -3.64. The maximum absolute atomic E-state index is 13.3. The number of nitrogens with zero attached hydrogens (tertiary/aromatic N) is 1. The highest BCUT2D eigenvalue weighted by Crippen LogP contribution is 2.33. The van der Waals surface area contributed by atoms with Gasteiger partial charge in [-0.2, -0.15) is 0 Å². The Balaban J connectivity index is 1.88. The van der Waals surface area contributed by atoms with Gasteiger partial charge in [0.1, 0.15) is 16.5 Å². The first-order valence-corrected chi connectivity index (χ1v) is 10.5. The molecule has 0 fully saturated rings. The molecule has 0 radical (unpaired) electrons. The highest BCUT2D eigenvalue weighted by molar-refractivity contribution is 6.29. The molecule has 162 valence electrons. The number of fused-ring (bicyclic) bond motifs is 1. The van der Waals surface area contributed by atoms with Crippen LogP contribution < -0.4 is 16.5 Å². The first-order valence-electron chi connectivity index (χ1n) is 10.1. The van der Waals surface area contributed by atoms with Crippen molar-refractivity contribution in [3.8, 4) is 11.3 Å². The number of halogens is 1. The third-order valence-electron chi connectivity index (χ3n) is 5.47. The lowest BCUT2D eigenvalue weighted by Crippen LogP contribution is -2.12. The Bertz CT molecular complexity index is 1390. The highest BCUT2D eigenvalue weighted by atomic mass is 35.5. The molecule has 32 heavy (non-hydrogen) atoms. The van der Waals surface area contributed by atoms with Gasteiger partial charge in [-0.1, -0.05) is 29.8 Å². The molecule has 4 N–H and O–H groups in total. The first kappa shape index (κ1) is 21.6. The van der Waals surface area contributed by atoms with Gasteiger partial charge in [0, 0.05) is 34.2 Å². The van der Waals surface area contributed by atoms with E-state index in [0.717, 1.165) is 16.8 Å². The number of aromatic nitrogens is 1. The molecule has 0 unspecified atom stereocenters. The summed E-state index contributed by atoms with van der Waals surface area (Å²) in [5.74, 6) is 0.469. The van der Waals surface area contributed by atoms with E-state index >= 15 is 0 Å². The van der Waals surface area contributed by atoms with Crippen molar-refractivity contribution < 1.29 is 4.42 Å². The van der Waals surface area contributed by atoms with Gasteiger partial charge in [0.25, 0.3) is 0 Å². The largest absolute Gasteiger partial charge is 0.455 e. The van der Waals surface area contributed by atoms with Crippen LogP contribution in [0.4, 0.5) is 11.4 Å². The Morgan fingerprint density at radius 1 is 1.19 bits per heavy atom. The first-order chi connectivity index (χ1) is 15.3. The third-order valence-corrected chi connectivity index (χ3v) is 5.70. The number of anilines is 2. The fraction of sp³-hybridized carbons (Fsp3) is 0.160.